The van der Waals surface area contributed by atoms with Gasteiger partial charge in [-0.1, -0.05) is 30.3 Å². The number of benzene rings is 2. The van der Waals surface area contributed by atoms with Crippen molar-refractivity contribution in [1.29, 1.82) is 5.26 Å². The van der Waals surface area contributed by atoms with Crippen LogP contribution in [0.5, 0.6) is 0 Å². The topological polar surface area (TPSA) is 126 Å². The number of anilines is 2. The second-order valence-corrected chi connectivity index (χ2v) is 6.53. The van der Waals surface area contributed by atoms with Gasteiger partial charge in [0, 0.05) is 12.6 Å². The van der Waals surface area contributed by atoms with Crippen LogP contribution in [0.4, 0.5) is 11.5 Å². The van der Waals surface area contributed by atoms with Crippen LogP contribution in [-0.4, -0.2) is 34.2 Å². The second kappa shape index (κ2) is 9.84. The first kappa shape index (κ1) is 21.3. The van der Waals surface area contributed by atoms with Gasteiger partial charge in [0.1, 0.15) is 11.6 Å². The molecule has 31 heavy (non-hydrogen) atoms. The molecule has 1 aromatic heterocycles. The van der Waals surface area contributed by atoms with Gasteiger partial charge in [-0.3, -0.25) is 14.4 Å². The minimum Gasteiger partial charge on any atom is -0.455 e. The molecule has 0 fully saturated rings. The van der Waals surface area contributed by atoms with E-state index in [1.54, 1.807) is 48.5 Å². The van der Waals surface area contributed by atoms with Gasteiger partial charge in [0.2, 0.25) is 5.91 Å². The summed E-state index contributed by atoms with van der Waals surface area (Å²) in [6.07, 6.45) is 1.32. The third-order valence-electron chi connectivity index (χ3n) is 4.14. The van der Waals surface area contributed by atoms with Crippen molar-refractivity contribution in [3.8, 4) is 11.8 Å². The molecule has 156 valence electrons. The molecule has 0 saturated carbocycles. The molecule has 0 aliphatic heterocycles. The van der Waals surface area contributed by atoms with Gasteiger partial charge in [-0.05, 0) is 29.8 Å². The van der Waals surface area contributed by atoms with Crippen molar-refractivity contribution in [2.24, 2.45) is 0 Å². The van der Waals surface area contributed by atoms with Gasteiger partial charge >= 0.3 is 5.97 Å². The van der Waals surface area contributed by atoms with E-state index in [1.165, 1.54) is 17.8 Å². The van der Waals surface area contributed by atoms with Crippen LogP contribution in [0, 0.1) is 11.3 Å². The van der Waals surface area contributed by atoms with Crippen molar-refractivity contribution >= 4 is 29.3 Å². The molecule has 9 nitrogen and oxygen atoms in total. The lowest BCUT2D eigenvalue weighted by Gasteiger charge is -2.10. The molecule has 9 heteroatoms. The Balaban J connectivity index is 1.57. The van der Waals surface area contributed by atoms with Gasteiger partial charge < -0.3 is 15.4 Å². The fourth-order valence-electron chi connectivity index (χ4n) is 2.76. The number of carbonyl (C=O) groups is 3. The normalized spacial score (nSPS) is 10.1. The zero-order valence-electron chi connectivity index (χ0n) is 16.7. The summed E-state index contributed by atoms with van der Waals surface area (Å²) in [4.78, 5) is 35.4. The minimum atomic E-state index is -0.594. The van der Waals surface area contributed by atoms with Gasteiger partial charge in [0.25, 0.3) is 5.91 Å². The Hall–Kier alpha value is -4.45. The third kappa shape index (κ3) is 5.77. The van der Waals surface area contributed by atoms with Crippen molar-refractivity contribution in [3.63, 3.8) is 0 Å². The molecule has 0 saturated heterocycles. The predicted molar refractivity (Wildman–Crippen MR) is 112 cm³/mol. The summed E-state index contributed by atoms with van der Waals surface area (Å²) in [5.74, 6) is -1.17. The molecule has 0 atom stereocenters. The van der Waals surface area contributed by atoms with Crippen LogP contribution in [0.2, 0.25) is 0 Å². The molecule has 0 radical (unpaired) electrons. The highest BCUT2D eigenvalue weighted by Gasteiger charge is 2.16. The molecule has 2 aromatic carbocycles. The van der Waals surface area contributed by atoms with E-state index in [2.05, 4.69) is 15.7 Å². The van der Waals surface area contributed by atoms with E-state index in [0.29, 0.717) is 16.9 Å². The van der Waals surface area contributed by atoms with E-state index in [1.807, 2.05) is 12.1 Å². The molecule has 0 spiro atoms. The molecule has 0 bridgehead atoms. The Morgan fingerprint density at radius 1 is 1.06 bits per heavy atom. The highest BCUT2D eigenvalue weighted by atomic mass is 16.5. The number of hydrogen-bond acceptors (Lipinski definition) is 6. The standard InChI is InChI=1S/C22H19N5O4/c1-15(28)25-18-9-7-16(8-10-18)11-21(30)31-14-20(29)26-22-17(12-23)13-24-27(22)19-5-3-2-4-6-19/h2-10,13H,11,14H2,1H3,(H,25,28)(H,26,29). The first-order chi connectivity index (χ1) is 15.0. The summed E-state index contributed by atoms with van der Waals surface area (Å²) in [5, 5.41) is 18.6. The molecule has 0 aliphatic rings. The van der Waals surface area contributed by atoms with Crippen LogP contribution >= 0.6 is 0 Å². The summed E-state index contributed by atoms with van der Waals surface area (Å²) >= 11 is 0. The molecule has 0 aliphatic carbocycles. The van der Waals surface area contributed by atoms with Gasteiger partial charge in [0.05, 0.1) is 18.3 Å². The fraction of sp³-hybridized carbons (Fsp3) is 0.136. The van der Waals surface area contributed by atoms with Crippen molar-refractivity contribution in [2.45, 2.75) is 13.3 Å². The zero-order valence-corrected chi connectivity index (χ0v) is 16.7. The summed E-state index contributed by atoms with van der Waals surface area (Å²) in [6, 6.07) is 17.7. The number of hydrogen-bond donors (Lipinski definition) is 2. The van der Waals surface area contributed by atoms with Crippen molar-refractivity contribution in [1.82, 2.24) is 9.78 Å². The number of nitrogens with one attached hydrogen (secondary N) is 2. The zero-order chi connectivity index (χ0) is 22.2. The predicted octanol–water partition coefficient (Wildman–Crippen LogP) is 2.43. The van der Waals surface area contributed by atoms with E-state index in [0.717, 1.165) is 0 Å². The van der Waals surface area contributed by atoms with Gasteiger partial charge in [-0.2, -0.15) is 10.4 Å². The van der Waals surface area contributed by atoms with Gasteiger partial charge in [-0.15, -0.1) is 0 Å². The summed E-state index contributed by atoms with van der Waals surface area (Å²) in [7, 11) is 0. The smallest absolute Gasteiger partial charge is 0.310 e. The monoisotopic (exact) mass is 417 g/mol. The number of rotatable bonds is 7. The van der Waals surface area contributed by atoms with Gasteiger partial charge in [0.15, 0.2) is 12.4 Å². The number of carbonyl (C=O) groups excluding carboxylic acids is 3. The molecule has 2 amide bonds. The number of nitrogens with zero attached hydrogens (tertiary/aromatic N) is 3. The molecular formula is C22H19N5O4. The molecule has 2 N–H and O–H groups in total. The Kier molecular flexibility index (Phi) is 6.75. The van der Waals surface area contributed by atoms with Crippen LogP contribution in [0.25, 0.3) is 5.69 Å². The number of nitriles is 1. The maximum Gasteiger partial charge on any atom is 0.310 e. The van der Waals surface area contributed by atoms with Gasteiger partial charge in [-0.25, -0.2) is 4.68 Å². The first-order valence-electron chi connectivity index (χ1n) is 9.32. The molecule has 1 heterocycles. The number of aromatic nitrogens is 2. The maximum absolute atomic E-state index is 12.3. The highest BCUT2D eigenvalue weighted by Crippen LogP contribution is 2.19. The Labute approximate surface area is 178 Å². The third-order valence-corrected chi connectivity index (χ3v) is 4.14. The Morgan fingerprint density at radius 2 is 1.77 bits per heavy atom. The lowest BCUT2D eigenvalue weighted by atomic mass is 10.1. The highest BCUT2D eigenvalue weighted by molar-refractivity contribution is 5.93. The molecular weight excluding hydrogens is 398 g/mol. The van der Waals surface area contributed by atoms with E-state index < -0.39 is 18.5 Å². The van der Waals surface area contributed by atoms with E-state index in [4.69, 9.17) is 4.74 Å². The van der Waals surface area contributed by atoms with Crippen LogP contribution in [-0.2, 0) is 25.5 Å². The fourth-order valence-corrected chi connectivity index (χ4v) is 2.76. The average molecular weight is 417 g/mol. The Morgan fingerprint density at radius 3 is 2.42 bits per heavy atom. The van der Waals surface area contributed by atoms with E-state index in [9.17, 15) is 19.6 Å². The van der Waals surface area contributed by atoms with Crippen LogP contribution in [0.1, 0.15) is 18.1 Å². The quantitative estimate of drug-likeness (QED) is 0.569. The molecule has 3 aromatic rings. The van der Waals surface area contributed by atoms with Crippen LogP contribution in [0.15, 0.2) is 60.8 Å². The number of amides is 2. The summed E-state index contributed by atoms with van der Waals surface area (Å²) < 4.78 is 6.46. The lowest BCUT2D eigenvalue weighted by Crippen LogP contribution is -2.23. The molecule has 0 unspecified atom stereocenters. The van der Waals surface area contributed by atoms with E-state index in [-0.39, 0.29) is 23.7 Å². The average Bonchev–Trinajstić information content (AvgIpc) is 3.16. The number of ether oxygens (including phenoxy) is 1. The van der Waals surface area contributed by atoms with Crippen molar-refractivity contribution in [3.05, 3.63) is 71.9 Å². The van der Waals surface area contributed by atoms with Crippen LogP contribution in [0.3, 0.4) is 0 Å². The molecule has 3 rings (SSSR count). The number of para-hydroxylation sites is 1. The second-order valence-electron chi connectivity index (χ2n) is 6.53. The lowest BCUT2D eigenvalue weighted by molar-refractivity contribution is -0.146. The van der Waals surface area contributed by atoms with Crippen molar-refractivity contribution < 1.29 is 19.1 Å². The minimum absolute atomic E-state index is 0.0287. The summed E-state index contributed by atoms with van der Waals surface area (Å²) in [5.41, 5.74) is 2.14. The largest absolute Gasteiger partial charge is 0.455 e. The Bertz CT molecular complexity index is 1130. The number of esters is 1. The van der Waals surface area contributed by atoms with Crippen molar-refractivity contribution in [2.75, 3.05) is 17.2 Å². The summed E-state index contributed by atoms with van der Waals surface area (Å²) in [6.45, 7) is 0.899. The van der Waals surface area contributed by atoms with E-state index >= 15 is 0 Å². The first-order valence-corrected chi connectivity index (χ1v) is 9.32. The SMILES string of the molecule is CC(=O)Nc1ccc(CC(=O)OCC(=O)Nc2c(C#N)cnn2-c2ccccc2)cc1. The maximum atomic E-state index is 12.3. The van der Waals surface area contributed by atoms with Crippen LogP contribution < -0.4 is 10.6 Å².